The lowest BCUT2D eigenvalue weighted by molar-refractivity contribution is 0.474. The van der Waals surface area contributed by atoms with Crippen LogP contribution in [0.1, 0.15) is 11.1 Å². The van der Waals surface area contributed by atoms with Crippen LogP contribution in [0.4, 0.5) is 0 Å². The monoisotopic (exact) mass is 326 g/mol. The zero-order valence-electron chi connectivity index (χ0n) is 5.85. The molecule has 0 heterocycles. The number of aromatic hydroxyl groups is 1. The molecule has 0 fully saturated rings. The average molecular weight is 327 g/mol. The molecule has 1 rings (SSSR count). The molecule has 11 heavy (non-hydrogen) atoms. The topological polar surface area (TPSA) is 20.2 Å². The lowest BCUT2D eigenvalue weighted by Crippen LogP contribution is -1.82. The van der Waals surface area contributed by atoms with Crippen molar-refractivity contribution in [2.24, 2.45) is 0 Å². The average Bonchev–Trinajstić information content (AvgIpc) is 2.03. The zero-order chi connectivity index (χ0) is 8.27. The first kappa shape index (κ1) is 9.32. The molecular weight excluding hydrogens is 319 g/mol. The molecule has 0 saturated carbocycles. The van der Waals surface area contributed by atoms with E-state index in [0.29, 0.717) is 5.75 Å². The predicted molar refractivity (Wildman–Crippen MR) is 58.5 cm³/mol. The van der Waals surface area contributed by atoms with Gasteiger partial charge in [-0.05, 0) is 23.3 Å². The summed E-state index contributed by atoms with van der Waals surface area (Å²) >= 11 is 5.62. The van der Waals surface area contributed by atoms with E-state index in [1.807, 2.05) is 0 Å². The summed E-state index contributed by atoms with van der Waals surface area (Å²) in [6, 6.07) is 5.64. The minimum Gasteiger partial charge on any atom is -0.508 e. The van der Waals surface area contributed by atoms with Gasteiger partial charge in [-0.25, -0.2) is 0 Å². The molecule has 0 spiro atoms. The molecule has 0 aromatic heterocycles. The van der Waals surface area contributed by atoms with E-state index in [0.717, 1.165) is 15.3 Å². The van der Waals surface area contributed by atoms with Gasteiger partial charge in [0.25, 0.3) is 0 Å². The maximum absolute atomic E-state index is 9.23. The number of rotatable bonds is 2. The van der Waals surface area contributed by atoms with Gasteiger partial charge in [0.15, 0.2) is 0 Å². The van der Waals surface area contributed by atoms with Gasteiger partial charge >= 0.3 is 0 Å². The summed E-state index contributed by atoms with van der Waals surface area (Å²) in [5.74, 6) is 0.355. The molecule has 0 unspecified atom stereocenters. The highest BCUT2D eigenvalue weighted by molar-refractivity contribution is 14.1. The van der Waals surface area contributed by atoms with Crippen LogP contribution >= 0.6 is 38.5 Å². The first-order valence-electron chi connectivity index (χ1n) is 3.20. The van der Waals surface area contributed by atoms with Crippen molar-refractivity contribution in [3.05, 3.63) is 29.3 Å². The molecular formula is C8H8BrIO. The third kappa shape index (κ3) is 2.63. The van der Waals surface area contributed by atoms with Crippen LogP contribution in [0.5, 0.6) is 5.75 Å². The summed E-state index contributed by atoms with van der Waals surface area (Å²) < 4.78 is 0.937. The van der Waals surface area contributed by atoms with E-state index in [1.54, 1.807) is 12.1 Å². The molecule has 0 atom stereocenters. The number of alkyl halides is 2. The fourth-order valence-corrected chi connectivity index (χ4v) is 1.66. The van der Waals surface area contributed by atoms with Gasteiger partial charge in [0.2, 0.25) is 0 Å². The Bertz CT molecular complexity index is 228. The number of halogens is 2. The fourth-order valence-electron chi connectivity index (χ4n) is 0.897. The summed E-state index contributed by atoms with van der Waals surface area (Å²) in [6.07, 6.45) is 0. The SMILES string of the molecule is Oc1cc(CBr)cc(CI)c1. The summed E-state index contributed by atoms with van der Waals surface area (Å²) in [4.78, 5) is 0. The van der Waals surface area contributed by atoms with Gasteiger partial charge < -0.3 is 5.11 Å². The molecule has 0 aliphatic rings. The van der Waals surface area contributed by atoms with Gasteiger partial charge in [-0.3, -0.25) is 0 Å². The molecule has 1 aromatic rings. The van der Waals surface area contributed by atoms with Crippen molar-refractivity contribution >= 4 is 38.5 Å². The van der Waals surface area contributed by atoms with Crippen molar-refractivity contribution in [1.82, 2.24) is 0 Å². The minimum atomic E-state index is 0.355. The molecule has 1 N–H and O–H groups in total. The minimum absolute atomic E-state index is 0.355. The molecule has 0 saturated heterocycles. The van der Waals surface area contributed by atoms with Gasteiger partial charge in [0.05, 0.1) is 0 Å². The van der Waals surface area contributed by atoms with Crippen LogP contribution in [0.2, 0.25) is 0 Å². The molecule has 0 amide bonds. The van der Waals surface area contributed by atoms with E-state index in [9.17, 15) is 5.11 Å². The Morgan fingerprint density at radius 2 is 1.91 bits per heavy atom. The molecule has 60 valence electrons. The van der Waals surface area contributed by atoms with Crippen LogP contribution in [-0.4, -0.2) is 5.11 Å². The Morgan fingerprint density at radius 3 is 2.45 bits per heavy atom. The molecule has 0 aliphatic heterocycles. The second-order valence-corrected chi connectivity index (χ2v) is 3.60. The number of hydrogen-bond donors (Lipinski definition) is 1. The highest BCUT2D eigenvalue weighted by Gasteiger charge is 1.97. The smallest absolute Gasteiger partial charge is 0.116 e. The quantitative estimate of drug-likeness (QED) is 0.653. The molecule has 3 heteroatoms. The Balaban J connectivity index is 3.02. The lowest BCUT2D eigenvalue weighted by Gasteiger charge is -2.00. The standard InChI is InChI=1S/C8H8BrIO/c9-4-6-1-7(5-10)3-8(11)2-6/h1-3,11H,4-5H2. The maximum atomic E-state index is 9.23. The van der Waals surface area contributed by atoms with E-state index < -0.39 is 0 Å². The molecule has 0 radical (unpaired) electrons. The number of hydrogen-bond acceptors (Lipinski definition) is 1. The van der Waals surface area contributed by atoms with Gasteiger partial charge in [0.1, 0.15) is 5.75 Å². The zero-order valence-corrected chi connectivity index (χ0v) is 9.59. The third-order valence-electron chi connectivity index (χ3n) is 1.35. The largest absolute Gasteiger partial charge is 0.508 e. The van der Waals surface area contributed by atoms with Crippen LogP contribution in [0.3, 0.4) is 0 Å². The fraction of sp³-hybridized carbons (Fsp3) is 0.250. The normalized spacial score (nSPS) is 10.0. The second kappa shape index (κ2) is 4.30. The van der Waals surface area contributed by atoms with Gasteiger partial charge in [0, 0.05) is 9.76 Å². The summed E-state index contributed by atoms with van der Waals surface area (Å²) in [5, 5.41) is 10.0. The summed E-state index contributed by atoms with van der Waals surface area (Å²) in [5.41, 5.74) is 2.29. The highest BCUT2D eigenvalue weighted by Crippen LogP contribution is 2.19. The summed E-state index contributed by atoms with van der Waals surface area (Å²) in [6.45, 7) is 0. The van der Waals surface area contributed by atoms with Crippen LogP contribution in [0.25, 0.3) is 0 Å². The first-order valence-corrected chi connectivity index (χ1v) is 5.84. The van der Waals surface area contributed by atoms with Gasteiger partial charge in [-0.2, -0.15) is 0 Å². The van der Waals surface area contributed by atoms with Crippen LogP contribution < -0.4 is 0 Å². The maximum Gasteiger partial charge on any atom is 0.116 e. The Hall–Kier alpha value is 0.230. The van der Waals surface area contributed by atoms with Crippen molar-refractivity contribution in [3.8, 4) is 5.75 Å². The number of phenolic OH excluding ortho intramolecular Hbond substituents is 1. The van der Waals surface area contributed by atoms with Crippen LogP contribution in [0.15, 0.2) is 18.2 Å². The lowest BCUT2D eigenvalue weighted by atomic mass is 10.1. The first-order chi connectivity index (χ1) is 5.26. The van der Waals surface area contributed by atoms with Crippen molar-refractivity contribution < 1.29 is 5.11 Å². The van der Waals surface area contributed by atoms with E-state index in [4.69, 9.17) is 0 Å². The van der Waals surface area contributed by atoms with Crippen LogP contribution in [-0.2, 0) is 9.76 Å². The Labute approximate surface area is 88.1 Å². The van der Waals surface area contributed by atoms with Gasteiger partial charge in [-0.15, -0.1) is 0 Å². The Morgan fingerprint density at radius 1 is 1.27 bits per heavy atom. The van der Waals surface area contributed by atoms with Crippen LogP contribution in [0, 0.1) is 0 Å². The van der Waals surface area contributed by atoms with E-state index in [1.165, 1.54) is 5.56 Å². The molecule has 0 aliphatic carbocycles. The highest BCUT2D eigenvalue weighted by atomic mass is 127. The molecule has 0 bridgehead atoms. The Kier molecular flexibility index (Phi) is 3.65. The van der Waals surface area contributed by atoms with Crippen molar-refractivity contribution in [2.75, 3.05) is 0 Å². The van der Waals surface area contributed by atoms with Crippen molar-refractivity contribution in [3.63, 3.8) is 0 Å². The third-order valence-corrected chi connectivity index (χ3v) is 2.87. The number of phenols is 1. The van der Waals surface area contributed by atoms with E-state index in [2.05, 4.69) is 44.6 Å². The van der Waals surface area contributed by atoms with E-state index in [-0.39, 0.29) is 0 Å². The summed E-state index contributed by atoms with van der Waals surface area (Å²) in [7, 11) is 0. The molecule has 1 aromatic carbocycles. The number of benzene rings is 1. The molecule has 1 nitrogen and oxygen atoms in total. The van der Waals surface area contributed by atoms with Crippen molar-refractivity contribution in [2.45, 2.75) is 9.76 Å². The predicted octanol–water partition coefficient (Wildman–Crippen LogP) is 3.22. The van der Waals surface area contributed by atoms with Crippen molar-refractivity contribution in [1.29, 1.82) is 0 Å². The van der Waals surface area contributed by atoms with Gasteiger partial charge in [-0.1, -0.05) is 44.6 Å². The second-order valence-electron chi connectivity index (χ2n) is 2.27. The van der Waals surface area contributed by atoms with E-state index >= 15 is 0 Å².